The summed E-state index contributed by atoms with van der Waals surface area (Å²) in [6.45, 7) is 12.7. The molecule has 1 heterocycles. The van der Waals surface area contributed by atoms with Crippen LogP contribution in [0.3, 0.4) is 0 Å². The summed E-state index contributed by atoms with van der Waals surface area (Å²) < 4.78 is 0. The summed E-state index contributed by atoms with van der Waals surface area (Å²) in [5.74, 6) is 0.773. The molecule has 2 rings (SSSR count). The number of likely N-dealkylation sites (tertiary alicyclic amines) is 1. The number of aryl methyl sites for hydroxylation is 2. The predicted octanol–water partition coefficient (Wildman–Crippen LogP) is 3.84. The SMILES string of the molecule is CCN1CCCC(C(C)Nc2cc(C)cc(C)c2)C1. The molecular weight excluding hydrogens is 232 g/mol. The Bertz CT molecular complexity index is 393. The lowest BCUT2D eigenvalue weighted by Crippen LogP contribution is -2.41. The van der Waals surface area contributed by atoms with E-state index in [2.05, 4.69) is 56.1 Å². The van der Waals surface area contributed by atoms with Gasteiger partial charge in [-0.3, -0.25) is 0 Å². The Labute approximate surface area is 118 Å². The smallest absolute Gasteiger partial charge is 0.0347 e. The zero-order valence-corrected chi connectivity index (χ0v) is 12.9. The van der Waals surface area contributed by atoms with Gasteiger partial charge in [0.05, 0.1) is 0 Å². The molecule has 1 saturated heterocycles. The second kappa shape index (κ2) is 6.42. The lowest BCUT2D eigenvalue weighted by molar-refractivity contribution is 0.172. The second-order valence-electron chi connectivity index (χ2n) is 6.10. The van der Waals surface area contributed by atoms with Crippen molar-refractivity contribution in [2.24, 2.45) is 5.92 Å². The average molecular weight is 260 g/mol. The molecule has 0 amide bonds. The van der Waals surface area contributed by atoms with Gasteiger partial charge in [0.2, 0.25) is 0 Å². The van der Waals surface area contributed by atoms with Crippen LogP contribution < -0.4 is 5.32 Å². The van der Waals surface area contributed by atoms with Crippen molar-refractivity contribution in [3.63, 3.8) is 0 Å². The Morgan fingerprint density at radius 1 is 1.26 bits per heavy atom. The lowest BCUT2D eigenvalue weighted by atomic mass is 9.91. The number of nitrogens with one attached hydrogen (secondary N) is 1. The van der Waals surface area contributed by atoms with Gasteiger partial charge in [-0.1, -0.05) is 13.0 Å². The zero-order valence-electron chi connectivity index (χ0n) is 12.9. The Morgan fingerprint density at radius 3 is 2.58 bits per heavy atom. The summed E-state index contributed by atoms with van der Waals surface area (Å²) in [6.07, 6.45) is 2.70. The second-order valence-corrected chi connectivity index (χ2v) is 6.10. The van der Waals surface area contributed by atoms with Crippen LogP contribution in [0.15, 0.2) is 18.2 Å². The number of hydrogen-bond donors (Lipinski definition) is 1. The highest BCUT2D eigenvalue weighted by Crippen LogP contribution is 2.23. The lowest BCUT2D eigenvalue weighted by Gasteiger charge is -2.35. The van der Waals surface area contributed by atoms with E-state index < -0.39 is 0 Å². The Balaban J connectivity index is 1.98. The molecule has 0 aliphatic carbocycles. The van der Waals surface area contributed by atoms with Crippen LogP contribution in [-0.2, 0) is 0 Å². The van der Waals surface area contributed by atoms with Crippen molar-refractivity contribution >= 4 is 5.69 Å². The molecule has 0 radical (unpaired) electrons. The molecule has 2 atom stereocenters. The molecule has 1 fully saturated rings. The maximum absolute atomic E-state index is 3.71. The van der Waals surface area contributed by atoms with Gasteiger partial charge >= 0.3 is 0 Å². The van der Waals surface area contributed by atoms with Crippen molar-refractivity contribution in [2.75, 3.05) is 25.0 Å². The molecule has 1 aromatic carbocycles. The van der Waals surface area contributed by atoms with Gasteiger partial charge in [0.1, 0.15) is 0 Å². The zero-order chi connectivity index (χ0) is 13.8. The van der Waals surface area contributed by atoms with Crippen LogP contribution in [0, 0.1) is 19.8 Å². The van der Waals surface area contributed by atoms with Gasteiger partial charge in [0, 0.05) is 18.3 Å². The van der Waals surface area contributed by atoms with Crippen molar-refractivity contribution < 1.29 is 0 Å². The number of anilines is 1. The van der Waals surface area contributed by atoms with Gasteiger partial charge in [-0.05, 0) is 75.9 Å². The molecule has 2 nitrogen and oxygen atoms in total. The molecular formula is C17H28N2. The summed E-state index contributed by atoms with van der Waals surface area (Å²) in [6, 6.07) is 7.29. The van der Waals surface area contributed by atoms with E-state index in [4.69, 9.17) is 0 Å². The van der Waals surface area contributed by atoms with Gasteiger partial charge < -0.3 is 10.2 Å². The van der Waals surface area contributed by atoms with E-state index >= 15 is 0 Å². The highest BCUT2D eigenvalue weighted by Gasteiger charge is 2.23. The third-order valence-corrected chi connectivity index (χ3v) is 4.31. The molecule has 1 aliphatic rings. The van der Waals surface area contributed by atoms with Gasteiger partial charge in [-0.2, -0.15) is 0 Å². The molecule has 0 saturated carbocycles. The topological polar surface area (TPSA) is 15.3 Å². The monoisotopic (exact) mass is 260 g/mol. The quantitative estimate of drug-likeness (QED) is 0.885. The molecule has 106 valence electrons. The number of benzene rings is 1. The minimum absolute atomic E-state index is 0.551. The van der Waals surface area contributed by atoms with E-state index in [-0.39, 0.29) is 0 Å². The first kappa shape index (κ1) is 14.4. The Kier molecular flexibility index (Phi) is 4.87. The highest BCUT2D eigenvalue weighted by atomic mass is 15.1. The number of piperidine rings is 1. The van der Waals surface area contributed by atoms with Crippen LogP contribution in [0.2, 0.25) is 0 Å². The summed E-state index contributed by atoms with van der Waals surface area (Å²) in [5.41, 5.74) is 3.96. The van der Waals surface area contributed by atoms with Crippen molar-refractivity contribution in [3.05, 3.63) is 29.3 Å². The van der Waals surface area contributed by atoms with Crippen molar-refractivity contribution in [2.45, 2.75) is 46.6 Å². The number of nitrogens with zero attached hydrogens (tertiary/aromatic N) is 1. The molecule has 1 aliphatic heterocycles. The third-order valence-electron chi connectivity index (χ3n) is 4.31. The number of rotatable bonds is 4. The van der Waals surface area contributed by atoms with Crippen LogP contribution in [0.4, 0.5) is 5.69 Å². The number of hydrogen-bond acceptors (Lipinski definition) is 2. The van der Waals surface area contributed by atoms with Crippen LogP contribution in [0.25, 0.3) is 0 Å². The van der Waals surface area contributed by atoms with Crippen LogP contribution in [-0.4, -0.2) is 30.6 Å². The van der Waals surface area contributed by atoms with Gasteiger partial charge in [-0.15, -0.1) is 0 Å². The first-order valence-electron chi connectivity index (χ1n) is 7.65. The molecule has 1 N–H and O–H groups in total. The maximum Gasteiger partial charge on any atom is 0.0347 e. The van der Waals surface area contributed by atoms with Gasteiger partial charge in [0.15, 0.2) is 0 Å². The van der Waals surface area contributed by atoms with Gasteiger partial charge in [-0.25, -0.2) is 0 Å². The van der Waals surface area contributed by atoms with Crippen LogP contribution >= 0.6 is 0 Å². The van der Waals surface area contributed by atoms with Crippen molar-refractivity contribution in [3.8, 4) is 0 Å². The van der Waals surface area contributed by atoms with E-state index in [0.29, 0.717) is 6.04 Å². The molecule has 0 spiro atoms. The minimum atomic E-state index is 0.551. The van der Waals surface area contributed by atoms with Crippen molar-refractivity contribution in [1.82, 2.24) is 4.90 Å². The fourth-order valence-corrected chi connectivity index (χ4v) is 3.23. The largest absolute Gasteiger partial charge is 0.382 e. The molecule has 0 bridgehead atoms. The van der Waals surface area contributed by atoms with Crippen LogP contribution in [0.1, 0.15) is 37.8 Å². The van der Waals surface area contributed by atoms with Crippen LogP contribution in [0.5, 0.6) is 0 Å². The van der Waals surface area contributed by atoms with Gasteiger partial charge in [0.25, 0.3) is 0 Å². The van der Waals surface area contributed by atoms with E-state index in [1.54, 1.807) is 0 Å². The van der Waals surface area contributed by atoms with E-state index in [0.717, 1.165) is 5.92 Å². The Hall–Kier alpha value is -1.02. The molecule has 0 aromatic heterocycles. The standard InChI is InChI=1S/C17H28N2/c1-5-19-8-6-7-16(12-19)15(4)18-17-10-13(2)9-14(3)11-17/h9-11,15-16,18H,5-8,12H2,1-4H3. The first-order chi connectivity index (χ1) is 9.08. The Morgan fingerprint density at radius 2 is 1.95 bits per heavy atom. The van der Waals surface area contributed by atoms with E-state index in [9.17, 15) is 0 Å². The molecule has 2 unspecified atom stereocenters. The maximum atomic E-state index is 3.71. The average Bonchev–Trinajstić information content (AvgIpc) is 2.37. The predicted molar refractivity (Wildman–Crippen MR) is 83.8 cm³/mol. The van der Waals surface area contributed by atoms with E-state index in [1.165, 1.54) is 49.3 Å². The fourth-order valence-electron chi connectivity index (χ4n) is 3.23. The highest BCUT2D eigenvalue weighted by molar-refractivity contribution is 5.49. The summed E-state index contributed by atoms with van der Waals surface area (Å²) >= 11 is 0. The van der Waals surface area contributed by atoms with Crippen molar-refractivity contribution in [1.29, 1.82) is 0 Å². The van der Waals surface area contributed by atoms with E-state index in [1.807, 2.05) is 0 Å². The fraction of sp³-hybridized carbons (Fsp3) is 0.647. The normalized spacial score (nSPS) is 22.2. The summed E-state index contributed by atoms with van der Waals surface area (Å²) in [5, 5.41) is 3.71. The molecule has 19 heavy (non-hydrogen) atoms. The third kappa shape index (κ3) is 3.97. The summed E-state index contributed by atoms with van der Waals surface area (Å²) in [7, 11) is 0. The first-order valence-corrected chi connectivity index (χ1v) is 7.65. The minimum Gasteiger partial charge on any atom is -0.382 e. The molecule has 2 heteroatoms. The summed E-state index contributed by atoms with van der Waals surface area (Å²) in [4.78, 5) is 2.58. The molecule has 1 aromatic rings.